The number of nitrogens with zero attached hydrogens (tertiary/aromatic N) is 5. The van der Waals surface area contributed by atoms with Gasteiger partial charge in [0.05, 0.1) is 23.2 Å². The van der Waals surface area contributed by atoms with Crippen LogP contribution in [0.4, 0.5) is 5.95 Å². The number of aryl methyl sites for hydroxylation is 2. The van der Waals surface area contributed by atoms with Gasteiger partial charge in [0.1, 0.15) is 12.4 Å². The van der Waals surface area contributed by atoms with Crippen LogP contribution in [0.15, 0.2) is 65.8 Å². The van der Waals surface area contributed by atoms with Gasteiger partial charge in [0.2, 0.25) is 11.8 Å². The zero-order valence-corrected chi connectivity index (χ0v) is 29.6. The van der Waals surface area contributed by atoms with E-state index in [2.05, 4.69) is 49.3 Å². The van der Waals surface area contributed by atoms with Gasteiger partial charge in [-0.25, -0.2) is 28.1 Å². The highest BCUT2D eigenvalue weighted by molar-refractivity contribution is 7.92. The maximum absolute atomic E-state index is 14.4. The third kappa shape index (κ3) is 7.36. The summed E-state index contributed by atoms with van der Waals surface area (Å²) in [6, 6.07) is 13.3. The minimum atomic E-state index is -4.16. The average Bonchev–Trinajstić information content (AvgIpc) is 3.00. The fraction of sp³-hybridized carbons (Fsp3) is 0.432. The first kappa shape index (κ1) is 33.5. The molecule has 11 heteroatoms. The summed E-state index contributed by atoms with van der Waals surface area (Å²) >= 11 is 0. The second kappa shape index (κ2) is 12.6. The quantitative estimate of drug-likeness (QED) is 0.239. The van der Waals surface area contributed by atoms with Gasteiger partial charge >= 0.3 is 0 Å². The lowest BCUT2D eigenvalue weighted by Gasteiger charge is -2.42. The van der Waals surface area contributed by atoms with Crippen molar-refractivity contribution < 1.29 is 17.9 Å². The molecule has 1 saturated carbocycles. The van der Waals surface area contributed by atoms with Crippen molar-refractivity contribution in [1.29, 1.82) is 0 Å². The molecular weight excluding hydrogens is 625 g/mol. The Kier molecular flexibility index (Phi) is 8.78. The lowest BCUT2D eigenvalue weighted by atomic mass is 9.63. The first-order valence-corrected chi connectivity index (χ1v) is 17.9. The Morgan fingerprint density at radius 1 is 0.979 bits per heavy atom. The largest absolute Gasteiger partial charge is 0.475 e. The number of hydrogen-bond donors (Lipinski definition) is 1. The number of amides is 1. The van der Waals surface area contributed by atoms with Crippen molar-refractivity contribution in [2.45, 2.75) is 91.1 Å². The average molecular weight is 669 g/mol. The number of anilines is 1. The van der Waals surface area contributed by atoms with Gasteiger partial charge in [-0.3, -0.25) is 4.79 Å². The summed E-state index contributed by atoms with van der Waals surface area (Å²) in [4.78, 5) is 34.5. The van der Waals surface area contributed by atoms with Gasteiger partial charge in [-0.15, -0.1) is 0 Å². The predicted octanol–water partition coefficient (Wildman–Crippen LogP) is 7.09. The van der Waals surface area contributed by atoms with Crippen molar-refractivity contribution in [3.05, 3.63) is 89.0 Å². The Labute approximate surface area is 283 Å². The Balaban J connectivity index is 1.43. The Morgan fingerprint density at radius 2 is 1.65 bits per heavy atom. The number of hydrogen-bond acceptors (Lipinski definition) is 8. The molecular formula is C37H44N6O4S. The van der Waals surface area contributed by atoms with E-state index in [1.165, 1.54) is 12.1 Å². The molecule has 0 unspecified atom stereocenters. The van der Waals surface area contributed by atoms with Gasteiger partial charge in [0, 0.05) is 29.6 Å². The highest BCUT2D eigenvalue weighted by Crippen LogP contribution is 2.50. The summed E-state index contributed by atoms with van der Waals surface area (Å²) in [5.41, 5.74) is 4.83. The summed E-state index contributed by atoms with van der Waals surface area (Å²) in [6.07, 6.45) is 6.52. The van der Waals surface area contributed by atoms with Crippen LogP contribution in [0.25, 0.3) is 11.3 Å². The molecule has 4 aromatic rings. The molecule has 0 radical (unpaired) electrons. The topological polar surface area (TPSA) is 127 Å². The van der Waals surface area contributed by atoms with E-state index in [1.807, 2.05) is 44.4 Å². The number of carbonyl (C=O) groups excluding carboxylic acids is 1. The molecule has 0 saturated heterocycles. The fourth-order valence-electron chi connectivity index (χ4n) is 6.87. The van der Waals surface area contributed by atoms with E-state index in [1.54, 1.807) is 23.1 Å². The molecule has 3 heterocycles. The first-order chi connectivity index (χ1) is 22.6. The van der Waals surface area contributed by atoms with Crippen LogP contribution >= 0.6 is 0 Å². The molecule has 1 aliphatic heterocycles. The van der Waals surface area contributed by atoms with Crippen LogP contribution in [0.3, 0.4) is 0 Å². The number of aromatic nitrogens is 4. The summed E-state index contributed by atoms with van der Waals surface area (Å²) in [6.45, 7) is 15.1. The molecule has 6 rings (SSSR count). The van der Waals surface area contributed by atoms with Crippen molar-refractivity contribution in [1.82, 2.24) is 24.8 Å². The van der Waals surface area contributed by atoms with E-state index >= 15 is 0 Å². The first-order valence-electron chi connectivity index (χ1n) is 16.4. The number of benzene rings is 2. The molecule has 2 aliphatic rings. The summed E-state index contributed by atoms with van der Waals surface area (Å²) < 4.78 is 36.2. The number of fused-ring (bicyclic) bond motifs is 4. The van der Waals surface area contributed by atoms with E-state index in [9.17, 15) is 13.2 Å². The Bertz CT molecular complexity index is 1930. The van der Waals surface area contributed by atoms with Crippen LogP contribution in [0.1, 0.15) is 92.7 Å². The molecule has 1 atom stereocenters. The third-order valence-electron chi connectivity index (χ3n) is 9.14. The molecule has 2 aromatic carbocycles. The molecule has 1 fully saturated rings. The van der Waals surface area contributed by atoms with Crippen molar-refractivity contribution in [3.63, 3.8) is 0 Å². The fourth-order valence-corrected chi connectivity index (χ4v) is 7.86. The van der Waals surface area contributed by atoms with Crippen molar-refractivity contribution >= 4 is 21.9 Å². The van der Waals surface area contributed by atoms with Crippen LogP contribution < -0.4 is 9.46 Å². The number of sulfonamides is 1. The molecule has 48 heavy (non-hydrogen) atoms. The molecule has 252 valence electrons. The smallest absolute Gasteiger partial charge is 0.264 e. The van der Waals surface area contributed by atoms with E-state index in [4.69, 9.17) is 14.7 Å². The summed E-state index contributed by atoms with van der Waals surface area (Å²) in [5, 5.41) is 0. The monoisotopic (exact) mass is 668 g/mol. The lowest BCUT2D eigenvalue weighted by molar-refractivity contribution is 0.0505. The van der Waals surface area contributed by atoms with Crippen molar-refractivity contribution in [3.8, 4) is 17.1 Å². The Morgan fingerprint density at radius 3 is 2.29 bits per heavy atom. The van der Waals surface area contributed by atoms with Crippen LogP contribution in [0.5, 0.6) is 5.88 Å². The van der Waals surface area contributed by atoms with Gasteiger partial charge in [0.25, 0.3) is 15.9 Å². The van der Waals surface area contributed by atoms with Gasteiger partial charge in [0.15, 0.2) is 0 Å². The molecule has 2 aromatic heterocycles. The Hall–Kier alpha value is -4.38. The van der Waals surface area contributed by atoms with Crippen molar-refractivity contribution in [2.24, 2.45) is 10.8 Å². The second-order valence-electron chi connectivity index (χ2n) is 15.2. The van der Waals surface area contributed by atoms with E-state index in [0.29, 0.717) is 29.3 Å². The normalized spacial score (nSPS) is 19.2. The van der Waals surface area contributed by atoms with Crippen molar-refractivity contribution in [2.75, 3.05) is 11.3 Å². The number of ether oxygens (including phenoxy) is 1. The SMILES string of the molecule is Cc1cccc(C)c1-c1cc2nc(n1)NS(=O)(=O)c1cccc(c1)C(=O)N(Cc1ncc(C3CC(C)(C)C3)cn1)[C@H](CC(C)(C)C)CO2. The second-order valence-corrected chi connectivity index (χ2v) is 16.9. The highest BCUT2D eigenvalue weighted by Gasteiger charge is 2.37. The standard InChI is InChI=1S/C37H44N6O4S/c1-23-10-8-11-24(2)33(23)30-15-32-41-35(40-30)42-48(45,46)29-13-9-12-25(14-29)34(44)43(28(22-47-32)18-36(3,4)5)21-31-38-19-27(20-39-31)26-16-37(6,7)17-26/h8-15,19-20,26,28H,16-18,21-22H2,1-7H3,(H,40,41,42)/t28-/m1/s1. The number of carbonyl (C=O) groups is 1. The highest BCUT2D eigenvalue weighted by atomic mass is 32.2. The third-order valence-corrected chi connectivity index (χ3v) is 10.5. The van der Waals surface area contributed by atoms with Gasteiger partial charge in [-0.1, -0.05) is 58.9 Å². The summed E-state index contributed by atoms with van der Waals surface area (Å²) in [5.74, 6) is 0.676. The zero-order valence-electron chi connectivity index (χ0n) is 28.7. The maximum atomic E-state index is 14.4. The van der Waals surface area contributed by atoms with E-state index in [0.717, 1.165) is 35.1 Å². The van der Waals surface area contributed by atoms with Crippen LogP contribution in [-0.2, 0) is 16.6 Å². The number of nitrogens with one attached hydrogen (secondary N) is 1. The lowest BCUT2D eigenvalue weighted by Crippen LogP contribution is -2.45. The summed E-state index contributed by atoms with van der Waals surface area (Å²) in [7, 11) is -4.16. The van der Waals surface area contributed by atoms with Crippen LogP contribution in [0.2, 0.25) is 0 Å². The zero-order chi connectivity index (χ0) is 34.4. The van der Waals surface area contributed by atoms with Crippen LogP contribution in [-0.4, -0.2) is 51.8 Å². The number of rotatable bonds is 5. The van der Waals surface area contributed by atoms with E-state index in [-0.39, 0.29) is 46.8 Å². The van der Waals surface area contributed by atoms with Gasteiger partial charge in [-0.05, 0) is 84.7 Å². The molecule has 1 N–H and O–H groups in total. The van der Waals surface area contributed by atoms with Crippen LogP contribution in [0, 0.1) is 24.7 Å². The molecule has 10 nitrogen and oxygen atoms in total. The molecule has 0 spiro atoms. The minimum Gasteiger partial charge on any atom is -0.475 e. The molecule has 1 amide bonds. The maximum Gasteiger partial charge on any atom is 0.264 e. The van der Waals surface area contributed by atoms with Gasteiger partial charge in [-0.2, -0.15) is 4.98 Å². The van der Waals surface area contributed by atoms with Gasteiger partial charge < -0.3 is 9.64 Å². The molecule has 1 aliphatic carbocycles. The minimum absolute atomic E-state index is 0.0764. The van der Waals surface area contributed by atoms with E-state index < -0.39 is 16.1 Å². The molecule has 4 bridgehead atoms. The predicted molar refractivity (Wildman–Crippen MR) is 185 cm³/mol.